The van der Waals surface area contributed by atoms with E-state index < -0.39 is 11.9 Å². The number of aromatic amines is 1. The fraction of sp³-hybridized carbons (Fsp3) is 0.0769. The van der Waals surface area contributed by atoms with Crippen LogP contribution in [0, 0.1) is 0 Å². The Morgan fingerprint density at radius 2 is 1.63 bits per heavy atom. The summed E-state index contributed by atoms with van der Waals surface area (Å²) in [6, 6.07) is 11.4. The molecule has 0 amide bonds. The monoisotopic (exact) mass is 263 g/mol. The van der Waals surface area contributed by atoms with Crippen LogP contribution in [0.15, 0.2) is 42.5 Å². The number of imidazole rings is 1. The highest BCUT2D eigenvalue weighted by molar-refractivity contribution is 5.76. The summed E-state index contributed by atoms with van der Waals surface area (Å²) in [5, 5.41) is 0. The molecule has 0 fully saturated rings. The first-order chi connectivity index (χ1) is 9.04. The molecule has 0 unspecified atom stereocenters. The molecule has 2 heterocycles. The van der Waals surface area contributed by atoms with Gasteiger partial charge in [-0.3, -0.25) is 0 Å². The Balaban J connectivity index is 2.12. The van der Waals surface area contributed by atoms with Crippen molar-refractivity contribution in [3.8, 4) is 11.4 Å². The van der Waals surface area contributed by atoms with Crippen molar-refractivity contribution in [2.24, 2.45) is 0 Å². The largest absolute Gasteiger partial charge is 0.433 e. The molecule has 2 aromatic heterocycles. The number of benzene rings is 1. The highest BCUT2D eigenvalue weighted by Gasteiger charge is 2.32. The summed E-state index contributed by atoms with van der Waals surface area (Å²) >= 11 is 0. The van der Waals surface area contributed by atoms with Gasteiger partial charge in [0.25, 0.3) is 0 Å². The van der Waals surface area contributed by atoms with Crippen LogP contribution in [-0.2, 0) is 6.18 Å². The molecular weight excluding hydrogens is 255 g/mol. The smallest absolute Gasteiger partial charge is 0.337 e. The maximum Gasteiger partial charge on any atom is 0.433 e. The van der Waals surface area contributed by atoms with Gasteiger partial charge in [0.15, 0.2) is 5.65 Å². The van der Waals surface area contributed by atoms with Crippen molar-refractivity contribution in [2.45, 2.75) is 6.18 Å². The molecule has 6 heteroatoms. The summed E-state index contributed by atoms with van der Waals surface area (Å²) in [7, 11) is 0. The second-order valence-corrected chi connectivity index (χ2v) is 4.02. The van der Waals surface area contributed by atoms with Crippen LogP contribution < -0.4 is 0 Å². The van der Waals surface area contributed by atoms with Crippen molar-refractivity contribution >= 4 is 11.2 Å². The SMILES string of the molecule is FC(F)(F)c1ccc2[nH]c(-c3ccccc3)nc2n1. The third-order valence-corrected chi connectivity index (χ3v) is 2.68. The zero-order valence-electron chi connectivity index (χ0n) is 9.57. The van der Waals surface area contributed by atoms with E-state index in [1.54, 1.807) is 0 Å². The van der Waals surface area contributed by atoms with Gasteiger partial charge < -0.3 is 4.98 Å². The molecule has 0 radical (unpaired) electrons. The van der Waals surface area contributed by atoms with E-state index in [0.29, 0.717) is 11.3 Å². The molecule has 0 atom stereocenters. The van der Waals surface area contributed by atoms with Gasteiger partial charge in [-0.15, -0.1) is 0 Å². The summed E-state index contributed by atoms with van der Waals surface area (Å²) in [6.45, 7) is 0. The van der Waals surface area contributed by atoms with Gasteiger partial charge >= 0.3 is 6.18 Å². The Bertz CT molecular complexity index is 717. The molecular formula is C13H8F3N3. The standard InChI is InChI=1S/C13H8F3N3/c14-13(15,16)10-7-6-9-12(18-10)19-11(17-9)8-4-2-1-3-5-8/h1-7H,(H,17,18,19). The van der Waals surface area contributed by atoms with Crippen LogP contribution in [0.1, 0.15) is 5.69 Å². The van der Waals surface area contributed by atoms with Crippen molar-refractivity contribution in [1.29, 1.82) is 0 Å². The molecule has 1 N–H and O–H groups in total. The van der Waals surface area contributed by atoms with E-state index in [0.717, 1.165) is 11.6 Å². The maximum absolute atomic E-state index is 12.5. The van der Waals surface area contributed by atoms with Crippen LogP contribution in [0.3, 0.4) is 0 Å². The summed E-state index contributed by atoms with van der Waals surface area (Å²) in [6.07, 6.45) is -4.46. The molecule has 0 spiro atoms. The maximum atomic E-state index is 12.5. The molecule has 96 valence electrons. The minimum atomic E-state index is -4.46. The Labute approximate surface area is 106 Å². The van der Waals surface area contributed by atoms with Gasteiger partial charge in [0.05, 0.1) is 5.52 Å². The van der Waals surface area contributed by atoms with Gasteiger partial charge in [0, 0.05) is 5.56 Å². The number of rotatable bonds is 1. The number of alkyl halides is 3. The van der Waals surface area contributed by atoms with E-state index >= 15 is 0 Å². The quantitative estimate of drug-likeness (QED) is 0.728. The molecule has 3 aromatic rings. The van der Waals surface area contributed by atoms with E-state index in [9.17, 15) is 13.2 Å². The number of pyridine rings is 1. The topological polar surface area (TPSA) is 41.6 Å². The Morgan fingerprint density at radius 3 is 2.32 bits per heavy atom. The van der Waals surface area contributed by atoms with E-state index in [2.05, 4.69) is 15.0 Å². The number of aromatic nitrogens is 3. The molecule has 0 saturated carbocycles. The molecule has 3 nitrogen and oxygen atoms in total. The van der Waals surface area contributed by atoms with Crippen LogP contribution in [0.25, 0.3) is 22.6 Å². The van der Waals surface area contributed by atoms with Crippen LogP contribution >= 0.6 is 0 Å². The molecule has 0 aliphatic heterocycles. The van der Waals surface area contributed by atoms with Crippen molar-refractivity contribution in [3.63, 3.8) is 0 Å². The van der Waals surface area contributed by atoms with E-state index in [-0.39, 0.29) is 5.65 Å². The lowest BCUT2D eigenvalue weighted by molar-refractivity contribution is -0.141. The average molecular weight is 263 g/mol. The third-order valence-electron chi connectivity index (χ3n) is 2.68. The summed E-state index contributed by atoms with van der Waals surface area (Å²) in [5.41, 5.74) is 0.403. The van der Waals surface area contributed by atoms with Crippen molar-refractivity contribution in [1.82, 2.24) is 15.0 Å². The van der Waals surface area contributed by atoms with Crippen LogP contribution in [0.2, 0.25) is 0 Å². The highest BCUT2D eigenvalue weighted by Crippen LogP contribution is 2.29. The van der Waals surface area contributed by atoms with Gasteiger partial charge in [-0.25, -0.2) is 9.97 Å². The van der Waals surface area contributed by atoms with Gasteiger partial charge in [-0.2, -0.15) is 13.2 Å². The van der Waals surface area contributed by atoms with E-state index in [1.807, 2.05) is 30.3 Å². The van der Waals surface area contributed by atoms with Gasteiger partial charge in [-0.1, -0.05) is 30.3 Å². The third kappa shape index (κ3) is 2.16. The Morgan fingerprint density at radius 1 is 0.895 bits per heavy atom. The normalized spacial score (nSPS) is 11.9. The van der Waals surface area contributed by atoms with E-state index in [4.69, 9.17) is 0 Å². The first-order valence-corrected chi connectivity index (χ1v) is 5.53. The average Bonchev–Trinajstić information content (AvgIpc) is 2.81. The Kier molecular flexibility index (Phi) is 2.51. The molecule has 0 aliphatic carbocycles. The predicted octanol–water partition coefficient (Wildman–Crippen LogP) is 3.64. The second kappa shape index (κ2) is 4.08. The Hall–Kier alpha value is -2.37. The molecule has 1 aromatic carbocycles. The fourth-order valence-corrected chi connectivity index (χ4v) is 1.78. The molecule has 0 bridgehead atoms. The highest BCUT2D eigenvalue weighted by atomic mass is 19.4. The van der Waals surface area contributed by atoms with Gasteiger partial charge in [-0.05, 0) is 12.1 Å². The lowest BCUT2D eigenvalue weighted by Crippen LogP contribution is -2.07. The first kappa shape index (κ1) is 11.7. The summed E-state index contributed by atoms with van der Waals surface area (Å²) < 4.78 is 37.6. The number of fused-ring (bicyclic) bond motifs is 1. The van der Waals surface area contributed by atoms with Crippen molar-refractivity contribution < 1.29 is 13.2 Å². The zero-order chi connectivity index (χ0) is 13.5. The zero-order valence-corrected chi connectivity index (χ0v) is 9.57. The lowest BCUT2D eigenvalue weighted by atomic mass is 10.2. The number of hydrogen-bond donors (Lipinski definition) is 1. The number of nitrogens with zero attached hydrogens (tertiary/aromatic N) is 2. The number of halogens is 3. The van der Waals surface area contributed by atoms with E-state index in [1.165, 1.54) is 6.07 Å². The predicted molar refractivity (Wildman–Crippen MR) is 64.3 cm³/mol. The van der Waals surface area contributed by atoms with Gasteiger partial charge in [0.1, 0.15) is 11.5 Å². The number of hydrogen-bond acceptors (Lipinski definition) is 2. The van der Waals surface area contributed by atoms with Crippen LogP contribution in [0.5, 0.6) is 0 Å². The minimum absolute atomic E-state index is 0.0636. The minimum Gasteiger partial charge on any atom is -0.337 e. The molecule has 3 rings (SSSR count). The van der Waals surface area contributed by atoms with Crippen molar-refractivity contribution in [2.75, 3.05) is 0 Å². The van der Waals surface area contributed by atoms with Crippen LogP contribution in [-0.4, -0.2) is 15.0 Å². The van der Waals surface area contributed by atoms with Gasteiger partial charge in [0.2, 0.25) is 0 Å². The molecule has 19 heavy (non-hydrogen) atoms. The fourth-order valence-electron chi connectivity index (χ4n) is 1.78. The van der Waals surface area contributed by atoms with Crippen LogP contribution in [0.4, 0.5) is 13.2 Å². The first-order valence-electron chi connectivity index (χ1n) is 5.53. The lowest BCUT2D eigenvalue weighted by Gasteiger charge is -2.03. The summed E-state index contributed by atoms with van der Waals surface area (Å²) in [5.74, 6) is 0.502. The number of H-pyrrole nitrogens is 1. The second-order valence-electron chi connectivity index (χ2n) is 4.02. The molecule has 0 aliphatic rings. The molecule has 0 saturated heterocycles. The number of nitrogens with one attached hydrogen (secondary N) is 1. The van der Waals surface area contributed by atoms with Crippen molar-refractivity contribution in [3.05, 3.63) is 48.2 Å². The summed E-state index contributed by atoms with van der Waals surface area (Å²) in [4.78, 5) is 10.6.